The van der Waals surface area contributed by atoms with E-state index in [2.05, 4.69) is 10.3 Å². The molecular formula is C14H18N4O2. The van der Waals surface area contributed by atoms with Crippen molar-refractivity contribution < 1.29 is 9.53 Å². The molecule has 6 heteroatoms. The topological polar surface area (TPSA) is 83.0 Å². The highest BCUT2D eigenvalue weighted by Gasteiger charge is 2.10. The van der Waals surface area contributed by atoms with Crippen LogP contribution in [0.25, 0.3) is 0 Å². The molecule has 6 nitrogen and oxygen atoms in total. The van der Waals surface area contributed by atoms with Crippen LogP contribution in [0.5, 0.6) is 5.75 Å². The lowest BCUT2D eigenvalue weighted by Crippen LogP contribution is -2.12. The first kappa shape index (κ1) is 14.2. The van der Waals surface area contributed by atoms with Crippen LogP contribution in [-0.4, -0.2) is 26.9 Å². The molecule has 1 aromatic heterocycles. The van der Waals surface area contributed by atoms with Crippen LogP contribution in [0.3, 0.4) is 0 Å². The van der Waals surface area contributed by atoms with E-state index in [1.54, 1.807) is 24.4 Å². The molecular weight excluding hydrogens is 256 g/mol. The van der Waals surface area contributed by atoms with Crippen LogP contribution in [0.4, 0.5) is 0 Å². The van der Waals surface area contributed by atoms with Gasteiger partial charge in [0.25, 0.3) is 0 Å². The first-order valence-corrected chi connectivity index (χ1v) is 6.47. The molecule has 0 aliphatic carbocycles. The summed E-state index contributed by atoms with van der Waals surface area (Å²) in [6, 6.07) is 7.13. The molecule has 0 amide bonds. The van der Waals surface area contributed by atoms with Gasteiger partial charge in [-0.05, 0) is 26.0 Å². The van der Waals surface area contributed by atoms with Gasteiger partial charge in [-0.15, -0.1) is 5.10 Å². The quantitative estimate of drug-likeness (QED) is 0.805. The third kappa shape index (κ3) is 3.64. The molecule has 0 aliphatic heterocycles. The number of aromatic nitrogens is 3. The van der Waals surface area contributed by atoms with Crippen LogP contribution in [0.2, 0.25) is 0 Å². The number of ether oxygens (including phenoxy) is 1. The molecule has 2 rings (SSSR count). The van der Waals surface area contributed by atoms with E-state index in [-0.39, 0.29) is 18.4 Å². The molecule has 0 saturated carbocycles. The van der Waals surface area contributed by atoms with Crippen LogP contribution in [-0.2, 0) is 13.1 Å². The first-order valence-electron chi connectivity index (χ1n) is 6.47. The molecule has 0 fully saturated rings. The van der Waals surface area contributed by atoms with Crippen LogP contribution >= 0.6 is 0 Å². The van der Waals surface area contributed by atoms with Gasteiger partial charge in [0.15, 0.2) is 5.78 Å². The molecule has 1 heterocycles. The van der Waals surface area contributed by atoms with Gasteiger partial charge < -0.3 is 10.5 Å². The Labute approximate surface area is 117 Å². The van der Waals surface area contributed by atoms with E-state index in [1.807, 2.05) is 19.9 Å². The van der Waals surface area contributed by atoms with E-state index in [9.17, 15) is 4.79 Å². The van der Waals surface area contributed by atoms with E-state index in [4.69, 9.17) is 10.5 Å². The summed E-state index contributed by atoms with van der Waals surface area (Å²) < 4.78 is 7.06. The Bertz CT molecular complexity index is 592. The zero-order chi connectivity index (χ0) is 14.5. The maximum absolute atomic E-state index is 12.2. The van der Waals surface area contributed by atoms with Crippen molar-refractivity contribution in [3.05, 3.63) is 41.7 Å². The van der Waals surface area contributed by atoms with Gasteiger partial charge in [0.05, 0.1) is 18.0 Å². The van der Waals surface area contributed by atoms with Crippen LogP contribution in [0.15, 0.2) is 30.5 Å². The zero-order valence-corrected chi connectivity index (χ0v) is 11.6. The van der Waals surface area contributed by atoms with E-state index in [0.29, 0.717) is 23.6 Å². The normalized spacial score (nSPS) is 10.8. The number of benzene rings is 1. The molecule has 0 saturated heterocycles. The molecule has 1 aromatic carbocycles. The third-order valence-corrected chi connectivity index (χ3v) is 2.63. The number of carbonyl (C=O) groups excluding carboxylic acids is 1. The van der Waals surface area contributed by atoms with E-state index < -0.39 is 0 Å². The summed E-state index contributed by atoms with van der Waals surface area (Å²) in [4.78, 5) is 12.2. The van der Waals surface area contributed by atoms with Gasteiger partial charge in [-0.3, -0.25) is 4.79 Å². The fourth-order valence-electron chi connectivity index (χ4n) is 1.76. The summed E-state index contributed by atoms with van der Waals surface area (Å²) in [6.45, 7) is 4.33. The molecule has 0 spiro atoms. The van der Waals surface area contributed by atoms with Crippen LogP contribution < -0.4 is 10.5 Å². The average molecular weight is 274 g/mol. The van der Waals surface area contributed by atoms with Gasteiger partial charge in [0.1, 0.15) is 12.3 Å². The average Bonchev–Trinajstić information content (AvgIpc) is 2.86. The number of nitrogens with zero attached hydrogens (tertiary/aromatic N) is 3. The first-order chi connectivity index (χ1) is 9.58. The molecule has 106 valence electrons. The van der Waals surface area contributed by atoms with Gasteiger partial charge in [-0.1, -0.05) is 17.3 Å². The molecule has 2 N–H and O–H groups in total. The van der Waals surface area contributed by atoms with E-state index in [0.717, 1.165) is 0 Å². The fourth-order valence-corrected chi connectivity index (χ4v) is 1.76. The molecule has 2 aromatic rings. The second-order valence-corrected chi connectivity index (χ2v) is 4.73. The monoisotopic (exact) mass is 274 g/mol. The lowest BCUT2D eigenvalue weighted by Gasteiger charge is -2.10. The van der Waals surface area contributed by atoms with Crippen molar-refractivity contribution >= 4 is 5.78 Å². The lowest BCUT2D eigenvalue weighted by molar-refractivity contribution is 0.0966. The lowest BCUT2D eigenvalue weighted by atomic mass is 10.1. The summed E-state index contributed by atoms with van der Waals surface area (Å²) in [5.41, 5.74) is 6.71. The molecule has 0 unspecified atom stereocenters. The minimum atomic E-state index is -0.0484. The second kappa shape index (κ2) is 6.29. The number of ketones is 1. The third-order valence-electron chi connectivity index (χ3n) is 2.63. The zero-order valence-electron chi connectivity index (χ0n) is 11.6. The van der Waals surface area contributed by atoms with Gasteiger partial charge >= 0.3 is 0 Å². The molecule has 0 aliphatic rings. The second-order valence-electron chi connectivity index (χ2n) is 4.73. The maximum atomic E-state index is 12.2. The van der Waals surface area contributed by atoms with Crippen molar-refractivity contribution in [1.82, 2.24) is 15.0 Å². The summed E-state index contributed by atoms with van der Waals surface area (Å²) in [7, 11) is 0. The summed E-state index contributed by atoms with van der Waals surface area (Å²) in [6.07, 6.45) is 1.75. The van der Waals surface area contributed by atoms with Crippen LogP contribution in [0, 0.1) is 0 Å². The van der Waals surface area contributed by atoms with Gasteiger partial charge in [0, 0.05) is 12.1 Å². The van der Waals surface area contributed by atoms with E-state index >= 15 is 0 Å². The van der Waals surface area contributed by atoms with Crippen molar-refractivity contribution in [3.63, 3.8) is 0 Å². The Balaban J connectivity index is 2.08. The Hall–Kier alpha value is -2.21. The number of rotatable bonds is 6. The SMILES string of the molecule is CC(C)Oc1cccc(C(=O)Cn2cc(CN)nn2)c1. The highest BCUT2D eigenvalue weighted by molar-refractivity contribution is 5.96. The fraction of sp³-hybridized carbons (Fsp3) is 0.357. The molecule has 0 radical (unpaired) electrons. The van der Waals surface area contributed by atoms with Crippen LogP contribution in [0.1, 0.15) is 29.9 Å². The van der Waals surface area contributed by atoms with Gasteiger partial charge in [0.2, 0.25) is 0 Å². The maximum Gasteiger partial charge on any atom is 0.184 e. The predicted octanol–water partition coefficient (Wildman–Crippen LogP) is 1.41. The number of carbonyl (C=O) groups is 1. The Morgan fingerprint density at radius 1 is 1.45 bits per heavy atom. The Morgan fingerprint density at radius 3 is 2.90 bits per heavy atom. The number of Topliss-reactive ketones (excluding diaryl/α,β-unsaturated/α-hetero) is 1. The summed E-state index contributed by atoms with van der Waals surface area (Å²) >= 11 is 0. The minimum Gasteiger partial charge on any atom is -0.491 e. The standard InChI is InChI=1S/C14H18N4O2/c1-10(2)20-13-5-3-4-11(6-13)14(19)9-18-8-12(7-15)16-17-18/h3-6,8,10H,7,9,15H2,1-2H3. The smallest absolute Gasteiger partial charge is 0.184 e. The van der Waals surface area contributed by atoms with Crippen molar-refractivity contribution in [2.24, 2.45) is 5.73 Å². The number of hydrogen-bond acceptors (Lipinski definition) is 5. The van der Waals surface area contributed by atoms with E-state index in [1.165, 1.54) is 4.68 Å². The van der Waals surface area contributed by atoms with Crippen molar-refractivity contribution in [3.8, 4) is 5.75 Å². The molecule has 20 heavy (non-hydrogen) atoms. The van der Waals surface area contributed by atoms with Crippen molar-refractivity contribution in [2.45, 2.75) is 33.0 Å². The van der Waals surface area contributed by atoms with Gasteiger partial charge in [-0.25, -0.2) is 4.68 Å². The molecule has 0 bridgehead atoms. The summed E-state index contributed by atoms with van der Waals surface area (Å²) in [5.74, 6) is 0.639. The van der Waals surface area contributed by atoms with Crippen molar-refractivity contribution in [2.75, 3.05) is 0 Å². The number of hydrogen-bond donors (Lipinski definition) is 1. The highest BCUT2D eigenvalue weighted by Crippen LogP contribution is 2.15. The number of nitrogens with two attached hydrogens (primary N) is 1. The predicted molar refractivity (Wildman–Crippen MR) is 74.4 cm³/mol. The Morgan fingerprint density at radius 2 is 2.25 bits per heavy atom. The highest BCUT2D eigenvalue weighted by atomic mass is 16.5. The molecule has 0 atom stereocenters. The minimum absolute atomic E-state index is 0.0484. The largest absolute Gasteiger partial charge is 0.491 e. The van der Waals surface area contributed by atoms with Gasteiger partial charge in [-0.2, -0.15) is 0 Å². The summed E-state index contributed by atoms with van der Waals surface area (Å²) in [5, 5.41) is 7.71. The van der Waals surface area contributed by atoms with Crippen molar-refractivity contribution in [1.29, 1.82) is 0 Å². The Kier molecular flexibility index (Phi) is 4.47.